The van der Waals surface area contributed by atoms with Crippen molar-refractivity contribution in [3.05, 3.63) is 41.6 Å². The van der Waals surface area contributed by atoms with Gasteiger partial charge in [-0.3, -0.25) is 4.68 Å². The first-order chi connectivity index (χ1) is 12.7. The minimum atomic E-state index is -4.34. The Morgan fingerprint density at radius 2 is 1.96 bits per heavy atom. The summed E-state index contributed by atoms with van der Waals surface area (Å²) in [6.45, 7) is 0.645. The fraction of sp³-hybridized carbons (Fsp3) is 0.250. The maximum Gasteiger partial charge on any atom is 0.408 e. The van der Waals surface area contributed by atoms with Gasteiger partial charge in [-0.25, -0.2) is 14.5 Å². The minimum Gasteiger partial charge on any atom is -0.331 e. The average Bonchev–Trinajstić information content (AvgIpc) is 3.25. The predicted octanol–water partition coefficient (Wildman–Crippen LogP) is 3.52. The number of imidazole rings is 1. The lowest BCUT2D eigenvalue weighted by atomic mass is 10.1. The fourth-order valence-electron chi connectivity index (χ4n) is 2.89. The van der Waals surface area contributed by atoms with Crippen LogP contribution in [0.25, 0.3) is 28.4 Å². The molecule has 0 amide bonds. The molecule has 4 aromatic rings. The zero-order valence-electron chi connectivity index (χ0n) is 14.2. The monoisotopic (exact) mass is 395 g/mol. The maximum absolute atomic E-state index is 12.6. The molecule has 0 atom stereocenters. The molecule has 11 heteroatoms. The molecule has 0 aliphatic carbocycles. The van der Waals surface area contributed by atoms with Crippen molar-refractivity contribution in [3.8, 4) is 22.9 Å². The van der Waals surface area contributed by atoms with E-state index in [1.165, 1.54) is 12.3 Å². The molecule has 4 aromatic heterocycles. The molecular weight excluding hydrogens is 383 g/mol. The molecule has 0 fully saturated rings. The molecule has 0 saturated carbocycles. The number of alkyl halides is 3. The van der Waals surface area contributed by atoms with Gasteiger partial charge < -0.3 is 4.57 Å². The molecule has 0 spiro atoms. The summed E-state index contributed by atoms with van der Waals surface area (Å²) in [5.74, 6) is 0.880. The number of rotatable bonds is 3. The Balaban J connectivity index is 1.80. The highest BCUT2D eigenvalue weighted by atomic mass is 35.5. The van der Waals surface area contributed by atoms with Crippen molar-refractivity contribution in [1.29, 1.82) is 0 Å². The van der Waals surface area contributed by atoms with Crippen LogP contribution in [0.15, 0.2) is 30.9 Å². The molecular formula is C16H13ClF3N7. The summed E-state index contributed by atoms with van der Waals surface area (Å²) >= 11 is 6.35. The Labute approximate surface area is 156 Å². The number of halogens is 4. The van der Waals surface area contributed by atoms with E-state index in [0.717, 1.165) is 10.2 Å². The van der Waals surface area contributed by atoms with Crippen molar-refractivity contribution in [3.63, 3.8) is 0 Å². The molecule has 0 saturated heterocycles. The van der Waals surface area contributed by atoms with E-state index in [4.69, 9.17) is 11.6 Å². The lowest BCUT2D eigenvalue weighted by Crippen LogP contribution is -2.17. The van der Waals surface area contributed by atoms with Crippen molar-refractivity contribution in [1.82, 2.24) is 33.9 Å². The van der Waals surface area contributed by atoms with Crippen molar-refractivity contribution in [2.75, 3.05) is 0 Å². The molecule has 0 bridgehead atoms. The molecule has 27 heavy (non-hydrogen) atoms. The van der Waals surface area contributed by atoms with E-state index in [2.05, 4.69) is 20.2 Å². The minimum absolute atomic E-state index is 0.224. The van der Waals surface area contributed by atoms with E-state index in [-0.39, 0.29) is 5.15 Å². The number of hydrogen-bond acceptors (Lipinski definition) is 4. The highest BCUT2D eigenvalue weighted by molar-refractivity contribution is 6.33. The van der Waals surface area contributed by atoms with Gasteiger partial charge in [0.1, 0.15) is 12.1 Å². The third kappa shape index (κ3) is 3.16. The number of aromatic nitrogens is 7. The van der Waals surface area contributed by atoms with Crippen LogP contribution in [0.2, 0.25) is 5.15 Å². The third-order valence-corrected chi connectivity index (χ3v) is 4.38. The van der Waals surface area contributed by atoms with Gasteiger partial charge in [0.25, 0.3) is 0 Å². The zero-order valence-corrected chi connectivity index (χ0v) is 15.0. The van der Waals surface area contributed by atoms with Crippen LogP contribution < -0.4 is 0 Å². The molecule has 140 valence electrons. The van der Waals surface area contributed by atoms with E-state index in [9.17, 15) is 13.2 Å². The van der Waals surface area contributed by atoms with Gasteiger partial charge in [0.15, 0.2) is 11.0 Å². The molecule has 7 nitrogen and oxygen atoms in total. The molecule has 0 radical (unpaired) electrons. The first-order valence-corrected chi connectivity index (χ1v) is 8.24. The Kier molecular flexibility index (Phi) is 3.95. The van der Waals surface area contributed by atoms with Crippen LogP contribution in [-0.4, -0.2) is 40.1 Å². The van der Waals surface area contributed by atoms with Gasteiger partial charge in [0.2, 0.25) is 5.82 Å². The van der Waals surface area contributed by atoms with Crippen LogP contribution in [0, 0.1) is 6.92 Å². The third-order valence-electron chi connectivity index (χ3n) is 4.12. The smallest absolute Gasteiger partial charge is 0.331 e. The largest absolute Gasteiger partial charge is 0.408 e. The van der Waals surface area contributed by atoms with Crippen LogP contribution in [-0.2, 0) is 13.6 Å². The van der Waals surface area contributed by atoms with Crippen molar-refractivity contribution < 1.29 is 13.2 Å². The summed E-state index contributed by atoms with van der Waals surface area (Å²) in [6, 6.07) is 1.52. The summed E-state index contributed by atoms with van der Waals surface area (Å²) in [7, 11) is 1.81. The van der Waals surface area contributed by atoms with Gasteiger partial charge >= 0.3 is 6.18 Å². The zero-order chi connectivity index (χ0) is 19.3. The first kappa shape index (κ1) is 17.5. The Bertz CT molecular complexity index is 1140. The van der Waals surface area contributed by atoms with Crippen LogP contribution in [0.4, 0.5) is 13.2 Å². The molecule has 4 heterocycles. The summed E-state index contributed by atoms with van der Waals surface area (Å²) in [5, 5.41) is 8.67. The van der Waals surface area contributed by atoms with Crippen LogP contribution >= 0.6 is 11.6 Å². The second kappa shape index (κ2) is 6.08. The fourth-order valence-corrected chi connectivity index (χ4v) is 3.20. The summed E-state index contributed by atoms with van der Waals surface area (Å²) in [6.07, 6.45) is 2.00. The van der Waals surface area contributed by atoms with E-state index in [1.54, 1.807) is 34.6 Å². The number of aryl methyl sites for hydroxylation is 2. The van der Waals surface area contributed by atoms with Crippen LogP contribution in [0.5, 0.6) is 0 Å². The van der Waals surface area contributed by atoms with Gasteiger partial charge in [0.05, 0.1) is 5.69 Å². The second-order valence-corrected chi connectivity index (χ2v) is 6.42. The van der Waals surface area contributed by atoms with Crippen molar-refractivity contribution in [2.24, 2.45) is 7.05 Å². The van der Waals surface area contributed by atoms with Gasteiger partial charge in [-0.05, 0) is 18.6 Å². The maximum atomic E-state index is 12.6. The first-order valence-electron chi connectivity index (χ1n) is 7.86. The molecule has 0 aliphatic heterocycles. The van der Waals surface area contributed by atoms with E-state index < -0.39 is 12.7 Å². The second-order valence-electron chi connectivity index (χ2n) is 6.06. The Morgan fingerprint density at radius 1 is 1.19 bits per heavy atom. The quantitative estimate of drug-likeness (QED) is 0.532. The predicted molar refractivity (Wildman–Crippen MR) is 92.2 cm³/mol. The van der Waals surface area contributed by atoms with Gasteiger partial charge in [0, 0.05) is 37.4 Å². The van der Waals surface area contributed by atoms with E-state index in [0.29, 0.717) is 28.4 Å². The summed E-state index contributed by atoms with van der Waals surface area (Å²) in [5.41, 5.74) is 2.32. The van der Waals surface area contributed by atoms with E-state index >= 15 is 0 Å². The standard InChI is InChI=1S/C16H13ClF3N7/c1-9-10(11-3-5-26(23-11)8-16(18,19)20)7-27-12(9)13(17)22-14(24-27)15-21-4-6-25(15)2/h3-7H,8H2,1-2H3. The average molecular weight is 396 g/mol. The molecule has 0 aromatic carbocycles. The van der Waals surface area contributed by atoms with Crippen LogP contribution in [0.1, 0.15) is 5.56 Å². The molecule has 0 N–H and O–H groups in total. The van der Waals surface area contributed by atoms with Gasteiger partial charge in [-0.1, -0.05) is 11.6 Å². The van der Waals surface area contributed by atoms with E-state index in [1.807, 2.05) is 7.05 Å². The topological polar surface area (TPSA) is 65.8 Å². The Hall–Kier alpha value is -2.88. The Morgan fingerprint density at radius 3 is 2.63 bits per heavy atom. The SMILES string of the molecule is Cc1c(-c2ccn(CC(F)(F)F)n2)cn2nc(-c3nccn3C)nc(Cl)c12. The normalized spacial score (nSPS) is 12.2. The van der Waals surface area contributed by atoms with Crippen LogP contribution in [0.3, 0.4) is 0 Å². The molecule has 4 rings (SSSR count). The summed E-state index contributed by atoms with van der Waals surface area (Å²) in [4.78, 5) is 8.50. The lowest BCUT2D eigenvalue weighted by Gasteiger charge is -2.05. The number of nitrogens with zero attached hydrogens (tertiary/aromatic N) is 7. The highest BCUT2D eigenvalue weighted by Crippen LogP contribution is 2.31. The molecule has 0 unspecified atom stereocenters. The number of hydrogen-bond donors (Lipinski definition) is 0. The number of fused-ring (bicyclic) bond motifs is 1. The lowest BCUT2D eigenvalue weighted by molar-refractivity contribution is -0.142. The van der Waals surface area contributed by atoms with Gasteiger partial charge in [-0.15, -0.1) is 5.10 Å². The highest BCUT2D eigenvalue weighted by Gasteiger charge is 2.28. The summed E-state index contributed by atoms with van der Waals surface area (Å²) < 4.78 is 41.8. The molecule has 0 aliphatic rings. The van der Waals surface area contributed by atoms with Crippen molar-refractivity contribution in [2.45, 2.75) is 19.6 Å². The van der Waals surface area contributed by atoms with Crippen molar-refractivity contribution >= 4 is 17.1 Å². The van der Waals surface area contributed by atoms with Gasteiger partial charge in [-0.2, -0.15) is 18.3 Å².